The van der Waals surface area contributed by atoms with E-state index in [1.54, 1.807) is 19.2 Å². The van der Waals surface area contributed by atoms with Gasteiger partial charge in [0, 0.05) is 22.3 Å². The third-order valence-corrected chi connectivity index (χ3v) is 3.80. The first-order valence-corrected chi connectivity index (χ1v) is 7.82. The SMILES string of the molecule is COc1ccc(Br)c(CNc2ccc(F)cc2)c1OC(C)C. The van der Waals surface area contributed by atoms with E-state index in [1.165, 1.54) is 12.1 Å². The summed E-state index contributed by atoms with van der Waals surface area (Å²) in [4.78, 5) is 0. The fourth-order valence-electron chi connectivity index (χ4n) is 2.03. The van der Waals surface area contributed by atoms with Crippen LogP contribution < -0.4 is 14.8 Å². The highest BCUT2D eigenvalue weighted by Gasteiger charge is 2.15. The summed E-state index contributed by atoms with van der Waals surface area (Å²) in [6.45, 7) is 4.47. The molecule has 0 atom stereocenters. The molecule has 0 aliphatic carbocycles. The molecular formula is C17H19BrFNO2. The highest BCUT2D eigenvalue weighted by Crippen LogP contribution is 2.37. The fourth-order valence-corrected chi connectivity index (χ4v) is 2.48. The predicted molar refractivity (Wildman–Crippen MR) is 90.2 cm³/mol. The number of ether oxygens (including phenoxy) is 2. The molecule has 0 amide bonds. The van der Waals surface area contributed by atoms with E-state index in [0.717, 1.165) is 15.7 Å². The topological polar surface area (TPSA) is 30.5 Å². The van der Waals surface area contributed by atoms with Gasteiger partial charge in [0.15, 0.2) is 11.5 Å². The summed E-state index contributed by atoms with van der Waals surface area (Å²) in [5.74, 6) is 1.14. The van der Waals surface area contributed by atoms with Crippen molar-refractivity contribution in [2.24, 2.45) is 0 Å². The molecule has 2 aromatic rings. The van der Waals surface area contributed by atoms with Crippen molar-refractivity contribution in [1.82, 2.24) is 0 Å². The zero-order chi connectivity index (χ0) is 16.1. The molecule has 0 saturated heterocycles. The van der Waals surface area contributed by atoms with E-state index in [9.17, 15) is 4.39 Å². The van der Waals surface area contributed by atoms with Crippen LogP contribution in [0.4, 0.5) is 10.1 Å². The van der Waals surface area contributed by atoms with Crippen LogP contribution in [0, 0.1) is 5.82 Å². The quantitative estimate of drug-likeness (QED) is 0.779. The maximum absolute atomic E-state index is 12.9. The molecule has 22 heavy (non-hydrogen) atoms. The molecule has 0 spiro atoms. The second-order valence-corrected chi connectivity index (χ2v) is 5.94. The Kier molecular flexibility index (Phi) is 5.66. The molecular weight excluding hydrogens is 349 g/mol. The van der Waals surface area contributed by atoms with Gasteiger partial charge in [0.1, 0.15) is 5.82 Å². The largest absolute Gasteiger partial charge is 0.493 e. The summed E-state index contributed by atoms with van der Waals surface area (Å²) in [5.41, 5.74) is 1.80. The van der Waals surface area contributed by atoms with Crippen molar-refractivity contribution in [2.45, 2.75) is 26.5 Å². The van der Waals surface area contributed by atoms with E-state index in [0.29, 0.717) is 18.0 Å². The zero-order valence-electron chi connectivity index (χ0n) is 12.8. The minimum Gasteiger partial charge on any atom is -0.493 e. The summed E-state index contributed by atoms with van der Waals surface area (Å²) in [7, 11) is 1.62. The van der Waals surface area contributed by atoms with Gasteiger partial charge in [-0.1, -0.05) is 15.9 Å². The Bertz CT molecular complexity index is 629. The molecule has 0 radical (unpaired) electrons. The highest BCUT2D eigenvalue weighted by molar-refractivity contribution is 9.10. The van der Waals surface area contributed by atoms with Crippen LogP contribution in [0.15, 0.2) is 40.9 Å². The van der Waals surface area contributed by atoms with Crippen molar-refractivity contribution in [2.75, 3.05) is 12.4 Å². The summed E-state index contributed by atoms with van der Waals surface area (Å²) in [6.07, 6.45) is 0.0350. The van der Waals surface area contributed by atoms with Crippen LogP contribution in [0.1, 0.15) is 19.4 Å². The number of hydrogen-bond acceptors (Lipinski definition) is 3. The standard InChI is InChI=1S/C17H19BrFNO2/c1-11(2)22-17-14(15(18)8-9-16(17)21-3)10-20-13-6-4-12(19)5-7-13/h4-9,11,20H,10H2,1-3H3. The summed E-state index contributed by atoms with van der Waals surface area (Å²) in [5, 5.41) is 3.26. The molecule has 0 saturated carbocycles. The summed E-state index contributed by atoms with van der Waals surface area (Å²) >= 11 is 3.55. The average Bonchev–Trinajstić information content (AvgIpc) is 2.48. The van der Waals surface area contributed by atoms with Crippen molar-refractivity contribution in [3.63, 3.8) is 0 Å². The Hall–Kier alpha value is -1.75. The first-order chi connectivity index (χ1) is 10.5. The normalized spacial score (nSPS) is 10.6. The first-order valence-electron chi connectivity index (χ1n) is 7.02. The molecule has 3 nitrogen and oxygen atoms in total. The van der Waals surface area contributed by atoms with Crippen LogP contribution in [0.3, 0.4) is 0 Å². The van der Waals surface area contributed by atoms with E-state index in [2.05, 4.69) is 21.2 Å². The molecule has 0 bridgehead atoms. The van der Waals surface area contributed by atoms with Gasteiger partial charge in [0.05, 0.1) is 13.2 Å². The summed E-state index contributed by atoms with van der Waals surface area (Å²) in [6, 6.07) is 10.0. The minimum absolute atomic E-state index is 0.0350. The molecule has 0 aromatic heterocycles. The van der Waals surface area contributed by atoms with E-state index in [-0.39, 0.29) is 11.9 Å². The second-order valence-electron chi connectivity index (χ2n) is 5.08. The van der Waals surface area contributed by atoms with Crippen LogP contribution in [-0.2, 0) is 6.54 Å². The second kappa shape index (κ2) is 7.49. The van der Waals surface area contributed by atoms with E-state index in [4.69, 9.17) is 9.47 Å². The Balaban J connectivity index is 2.26. The van der Waals surface area contributed by atoms with Gasteiger partial charge < -0.3 is 14.8 Å². The minimum atomic E-state index is -0.253. The van der Waals surface area contributed by atoms with Gasteiger partial charge >= 0.3 is 0 Å². The Morgan fingerprint density at radius 1 is 1.14 bits per heavy atom. The molecule has 5 heteroatoms. The van der Waals surface area contributed by atoms with Gasteiger partial charge in [0.2, 0.25) is 0 Å². The molecule has 0 fully saturated rings. The van der Waals surface area contributed by atoms with Gasteiger partial charge in [-0.15, -0.1) is 0 Å². The van der Waals surface area contributed by atoms with Crippen molar-refractivity contribution >= 4 is 21.6 Å². The van der Waals surface area contributed by atoms with Crippen LogP contribution in [0.5, 0.6) is 11.5 Å². The predicted octanol–water partition coefficient (Wildman–Crippen LogP) is 5.00. The van der Waals surface area contributed by atoms with Crippen molar-refractivity contribution in [3.8, 4) is 11.5 Å². The van der Waals surface area contributed by atoms with Gasteiger partial charge in [-0.25, -0.2) is 4.39 Å². The Morgan fingerprint density at radius 2 is 1.82 bits per heavy atom. The lowest BCUT2D eigenvalue weighted by Gasteiger charge is -2.19. The smallest absolute Gasteiger partial charge is 0.167 e. The van der Waals surface area contributed by atoms with Gasteiger partial charge in [0.25, 0.3) is 0 Å². The van der Waals surface area contributed by atoms with Gasteiger partial charge in [-0.05, 0) is 50.2 Å². The fraction of sp³-hybridized carbons (Fsp3) is 0.294. The van der Waals surface area contributed by atoms with E-state index in [1.807, 2.05) is 26.0 Å². The molecule has 0 aliphatic heterocycles. The third-order valence-electron chi connectivity index (χ3n) is 3.05. The number of nitrogens with one attached hydrogen (secondary N) is 1. The number of methoxy groups -OCH3 is 1. The molecule has 0 aliphatic rings. The lowest BCUT2D eigenvalue weighted by atomic mass is 10.1. The number of hydrogen-bond donors (Lipinski definition) is 1. The van der Waals surface area contributed by atoms with Crippen LogP contribution in [0.25, 0.3) is 0 Å². The molecule has 0 unspecified atom stereocenters. The van der Waals surface area contributed by atoms with Crippen LogP contribution >= 0.6 is 15.9 Å². The van der Waals surface area contributed by atoms with Crippen LogP contribution in [0.2, 0.25) is 0 Å². The maximum atomic E-state index is 12.9. The van der Waals surface area contributed by atoms with Crippen LogP contribution in [-0.4, -0.2) is 13.2 Å². The van der Waals surface area contributed by atoms with E-state index < -0.39 is 0 Å². The zero-order valence-corrected chi connectivity index (χ0v) is 14.4. The molecule has 2 rings (SSSR count). The maximum Gasteiger partial charge on any atom is 0.167 e. The lowest BCUT2D eigenvalue weighted by molar-refractivity contribution is 0.227. The lowest BCUT2D eigenvalue weighted by Crippen LogP contribution is -2.11. The number of benzene rings is 2. The number of halogens is 2. The first kappa shape index (κ1) is 16.6. The molecule has 118 valence electrons. The number of anilines is 1. The van der Waals surface area contributed by atoms with E-state index >= 15 is 0 Å². The number of rotatable bonds is 6. The monoisotopic (exact) mass is 367 g/mol. The molecule has 0 heterocycles. The van der Waals surface area contributed by atoms with Crippen molar-refractivity contribution in [1.29, 1.82) is 0 Å². The third kappa shape index (κ3) is 4.13. The molecule has 1 N–H and O–H groups in total. The Morgan fingerprint density at radius 3 is 2.41 bits per heavy atom. The van der Waals surface area contributed by atoms with Crippen molar-refractivity contribution < 1.29 is 13.9 Å². The van der Waals surface area contributed by atoms with Gasteiger partial charge in [-0.2, -0.15) is 0 Å². The van der Waals surface area contributed by atoms with Gasteiger partial charge in [-0.3, -0.25) is 0 Å². The Labute approximate surface area is 138 Å². The summed E-state index contributed by atoms with van der Waals surface area (Å²) < 4.78 is 25.2. The molecule has 2 aromatic carbocycles. The average molecular weight is 368 g/mol. The highest BCUT2D eigenvalue weighted by atomic mass is 79.9. The van der Waals surface area contributed by atoms with Crippen molar-refractivity contribution in [3.05, 3.63) is 52.3 Å².